The molecule has 0 saturated heterocycles. The number of unbranched alkanes of at least 4 members (excludes halogenated alkanes) is 2. The molecule has 1 aliphatic rings. The van der Waals surface area contributed by atoms with Crippen LogP contribution < -0.4 is 5.32 Å². The Morgan fingerprint density at radius 2 is 1.68 bits per heavy atom. The second-order valence-electron chi connectivity index (χ2n) is 6.79. The van der Waals surface area contributed by atoms with Crippen molar-refractivity contribution < 1.29 is 4.79 Å². The van der Waals surface area contributed by atoms with Gasteiger partial charge in [0.2, 0.25) is 5.91 Å². The van der Waals surface area contributed by atoms with Gasteiger partial charge in [-0.3, -0.25) is 4.79 Å². The monoisotopic (exact) mass is 336 g/mol. The van der Waals surface area contributed by atoms with Crippen molar-refractivity contribution in [3.63, 3.8) is 0 Å². The van der Waals surface area contributed by atoms with Gasteiger partial charge in [-0.25, -0.2) is 0 Å². The van der Waals surface area contributed by atoms with E-state index in [4.69, 9.17) is 0 Å². The minimum atomic E-state index is 0.242. The fourth-order valence-electron chi connectivity index (χ4n) is 3.45. The summed E-state index contributed by atoms with van der Waals surface area (Å²) >= 11 is 0. The molecule has 3 nitrogen and oxygen atoms in total. The zero-order valence-electron chi connectivity index (χ0n) is 15.3. The Morgan fingerprint density at radius 1 is 1.00 bits per heavy atom. The maximum Gasteiger partial charge on any atom is 0.227 e. The first-order valence-corrected chi connectivity index (χ1v) is 9.50. The van der Waals surface area contributed by atoms with Crippen molar-refractivity contribution in [1.82, 2.24) is 4.90 Å². The number of hydrogen-bond acceptors (Lipinski definition) is 2. The Hall–Kier alpha value is -2.29. The predicted molar refractivity (Wildman–Crippen MR) is 107 cm³/mol. The van der Waals surface area contributed by atoms with Crippen LogP contribution in [-0.2, 0) is 4.79 Å². The zero-order valence-corrected chi connectivity index (χ0v) is 15.3. The fourth-order valence-corrected chi connectivity index (χ4v) is 3.45. The molecule has 3 heteroatoms. The number of amides is 1. The molecule has 2 aromatic rings. The topological polar surface area (TPSA) is 32.3 Å². The molecule has 0 aromatic heterocycles. The molecule has 0 saturated carbocycles. The van der Waals surface area contributed by atoms with E-state index in [-0.39, 0.29) is 5.91 Å². The highest BCUT2D eigenvalue weighted by molar-refractivity contribution is 6.07. The summed E-state index contributed by atoms with van der Waals surface area (Å²) in [6.07, 6.45) is 6.86. The van der Waals surface area contributed by atoms with Crippen molar-refractivity contribution in [3.05, 3.63) is 48.2 Å². The van der Waals surface area contributed by atoms with E-state index in [1.54, 1.807) is 0 Å². The summed E-state index contributed by atoms with van der Waals surface area (Å²) < 4.78 is 0. The molecule has 132 valence electrons. The number of nitrogens with zero attached hydrogens (tertiary/aromatic N) is 1. The molecule has 0 spiro atoms. The van der Waals surface area contributed by atoms with E-state index >= 15 is 0 Å². The number of nitrogens with one attached hydrogen (secondary N) is 1. The van der Waals surface area contributed by atoms with Gasteiger partial charge in [-0.15, -0.1) is 0 Å². The maximum atomic E-state index is 12.9. The van der Waals surface area contributed by atoms with Crippen molar-refractivity contribution in [2.24, 2.45) is 0 Å². The molecule has 3 rings (SSSR count). The summed E-state index contributed by atoms with van der Waals surface area (Å²) in [5.41, 5.74) is 3.40. The molecule has 0 bridgehead atoms. The summed E-state index contributed by atoms with van der Waals surface area (Å²) in [7, 11) is 0. The summed E-state index contributed by atoms with van der Waals surface area (Å²) in [6.45, 7) is 6.09. The number of rotatable bonds is 8. The van der Waals surface area contributed by atoms with Gasteiger partial charge in [0, 0.05) is 30.4 Å². The fraction of sp³-hybridized carbons (Fsp3) is 0.409. The molecule has 1 amide bonds. The lowest BCUT2D eigenvalue weighted by Crippen LogP contribution is -2.33. The van der Waals surface area contributed by atoms with Crippen molar-refractivity contribution in [2.75, 3.05) is 18.4 Å². The van der Waals surface area contributed by atoms with Gasteiger partial charge >= 0.3 is 0 Å². The van der Waals surface area contributed by atoms with Gasteiger partial charge in [-0.05, 0) is 35.4 Å². The molecule has 1 heterocycles. The minimum absolute atomic E-state index is 0.242. The molecular formula is C22H28N2O. The highest BCUT2D eigenvalue weighted by atomic mass is 16.2. The Morgan fingerprint density at radius 3 is 2.36 bits per heavy atom. The highest BCUT2D eigenvalue weighted by Crippen LogP contribution is 2.36. The van der Waals surface area contributed by atoms with Crippen LogP contribution in [0.3, 0.4) is 0 Å². The van der Waals surface area contributed by atoms with Crippen LogP contribution in [0.2, 0.25) is 0 Å². The Bertz CT molecular complexity index is 765. The normalized spacial score (nSPS) is 12.6. The third-order valence-electron chi connectivity index (χ3n) is 4.91. The minimum Gasteiger partial charge on any atom is -0.361 e. The van der Waals surface area contributed by atoms with Crippen LogP contribution in [0.1, 0.15) is 51.5 Å². The summed E-state index contributed by atoms with van der Waals surface area (Å²) in [5, 5.41) is 5.82. The quantitative estimate of drug-likeness (QED) is 0.697. The van der Waals surface area contributed by atoms with Crippen LogP contribution in [0.25, 0.3) is 16.3 Å². The first-order valence-electron chi connectivity index (χ1n) is 9.50. The van der Waals surface area contributed by atoms with Crippen LogP contribution in [0.15, 0.2) is 42.6 Å². The van der Waals surface area contributed by atoms with Gasteiger partial charge in [0.1, 0.15) is 0 Å². The number of anilines is 1. The second kappa shape index (κ2) is 8.19. The van der Waals surface area contributed by atoms with Crippen LogP contribution in [0.5, 0.6) is 0 Å². The Kier molecular flexibility index (Phi) is 5.75. The van der Waals surface area contributed by atoms with E-state index in [1.165, 1.54) is 16.3 Å². The summed E-state index contributed by atoms with van der Waals surface area (Å²) in [4.78, 5) is 15.0. The van der Waals surface area contributed by atoms with Crippen molar-refractivity contribution in [3.8, 4) is 0 Å². The zero-order chi connectivity index (χ0) is 17.6. The standard InChI is InChI=1S/C22H28N2O/c1-3-5-13-24(14-6-4-2)21(25)15-18-16-23-20-12-8-10-17-9-7-11-19(18)22(17)20/h7-12,16,23H,3-6,13-15H2,1-2H3. The third kappa shape index (κ3) is 3.87. The SMILES string of the molecule is CCCCN(CCCC)C(=O)CC1=CNc2cccc3cccc1c23. The molecule has 0 atom stereocenters. The van der Waals surface area contributed by atoms with Crippen LogP contribution in [0, 0.1) is 0 Å². The Balaban J connectivity index is 1.80. The largest absolute Gasteiger partial charge is 0.361 e. The first-order chi connectivity index (χ1) is 12.2. The van der Waals surface area contributed by atoms with Crippen molar-refractivity contribution in [1.29, 1.82) is 0 Å². The number of carbonyl (C=O) groups is 1. The third-order valence-corrected chi connectivity index (χ3v) is 4.91. The number of hydrogen-bond donors (Lipinski definition) is 1. The first kappa shape index (κ1) is 17.5. The lowest BCUT2D eigenvalue weighted by molar-refractivity contribution is -0.130. The average Bonchev–Trinajstić information content (AvgIpc) is 2.64. The molecule has 2 aromatic carbocycles. The number of carbonyl (C=O) groups excluding carboxylic acids is 1. The molecule has 25 heavy (non-hydrogen) atoms. The lowest BCUT2D eigenvalue weighted by atomic mass is 9.93. The maximum absolute atomic E-state index is 12.9. The number of benzene rings is 2. The average molecular weight is 336 g/mol. The van der Waals surface area contributed by atoms with E-state index in [0.717, 1.165) is 50.0 Å². The molecule has 0 unspecified atom stereocenters. The smallest absolute Gasteiger partial charge is 0.227 e. The van der Waals surface area contributed by atoms with Gasteiger partial charge in [-0.1, -0.05) is 57.0 Å². The molecule has 0 aliphatic carbocycles. The van der Waals surface area contributed by atoms with E-state index in [9.17, 15) is 4.79 Å². The van der Waals surface area contributed by atoms with Gasteiger partial charge in [0.25, 0.3) is 0 Å². The lowest BCUT2D eigenvalue weighted by Gasteiger charge is -2.25. The molecule has 0 fully saturated rings. The Labute approximate surface area is 150 Å². The van der Waals surface area contributed by atoms with Gasteiger partial charge in [-0.2, -0.15) is 0 Å². The molecule has 1 N–H and O–H groups in total. The second-order valence-corrected chi connectivity index (χ2v) is 6.79. The molecule has 1 aliphatic heterocycles. The van der Waals surface area contributed by atoms with Crippen molar-refractivity contribution in [2.45, 2.75) is 46.0 Å². The summed E-state index contributed by atoms with van der Waals surface area (Å²) in [6, 6.07) is 12.6. The van der Waals surface area contributed by atoms with Gasteiger partial charge in [0.15, 0.2) is 0 Å². The van der Waals surface area contributed by atoms with E-state index < -0.39 is 0 Å². The summed E-state index contributed by atoms with van der Waals surface area (Å²) in [5.74, 6) is 0.242. The van der Waals surface area contributed by atoms with E-state index in [1.807, 2.05) is 6.20 Å². The van der Waals surface area contributed by atoms with E-state index in [0.29, 0.717) is 6.42 Å². The predicted octanol–water partition coefficient (Wildman–Crippen LogP) is 5.43. The van der Waals surface area contributed by atoms with Crippen LogP contribution in [0.4, 0.5) is 5.69 Å². The van der Waals surface area contributed by atoms with Crippen LogP contribution in [-0.4, -0.2) is 23.9 Å². The molecule has 0 radical (unpaired) electrons. The van der Waals surface area contributed by atoms with Crippen molar-refractivity contribution >= 4 is 27.9 Å². The van der Waals surface area contributed by atoms with Gasteiger partial charge in [0.05, 0.1) is 6.42 Å². The highest BCUT2D eigenvalue weighted by Gasteiger charge is 2.19. The van der Waals surface area contributed by atoms with Gasteiger partial charge < -0.3 is 10.2 Å². The van der Waals surface area contributed by atoms with E-state index in [2.05, 4.69) is 60.5 Å². The molecular weight excluding hydrogens is 308 g/mol. The van der Waals surface area contributed by atoms with Crippen LogP contribution >= 0.6 is 0 Å².